The zero-order valence-corrected chi connectivity index (χ0v) is 10.8. The van der Waals surface area contributed by atoms with Crippen LogP contribution in [0.4, 0.5) is 11.8 Å². The Labute approximate surface area is 115 Å². The molecule has 0 atom stereocenters. The highest BCUT2D eigenvalue weighted by molar-refractivity contribution is 5.85. The van der Waals surface area contributed by atoms with Crippen LogP contribution in [0, 0.1) is 0 Å². The topological polar surface area (TPSA) is 83.8 Å². The molecule has 3 aromatic rings. The van der Waals surface area contributed by atoms with E-state index >= 15 is 0 Å². The van der Waals surface area contributed by atoms with E-state index in [0.29, 0.717) is 12.4 Å². The molecule has 0 aliphatic heterocycles. The average Bonchev–Trinajstić information content (AvgIpc) is 2.44. The predicted octanol–water partition coefficient (Wildman–Crippen LogP) is 2.12. The maximum Gasteiger partial charge on any atom is 0.254 e. The number of anilines is 2. The van der Waals surface area contributed by atoms with Gasteiger partial charge in [0.05, 0.1) is 0 Å². The second-order valence-electron chi connectivity index (χ2n) is 4.51. The highest BCUT2D eigenvalue weighted by atomic mass is 16.1. The van der Waals surface area contributed by atoms with Crippen LogP contribution in [0.2, 0.25) is 0 Å². The monoisotopic (exact) mass is 266 g/mol. The number of nitrogens with two attached hydrogens (primary N) is 1. The van der Waals surface area contributed by atoms with Gasteiger partial charge in [0, 0.05) is 12.6 Å². The minimum absolute atomic E-state index is 0.109. The van der Waals surface area contributed by atoms with E-state index in [1.54, 1.807) is 0 Å². The largest absolute Gasteiger partial charge is 0.369 e. The average molecular weight is 266 g/mol. The van der Waals surface area contributed by atoms with E-state index in [0.717, 1.165) is 5.56 Å². The van der Waals surface area contributed by atoms with Crippen molar-refractivity contribution in [3.63, 3.8) is 0 Å². The summed E-state index contributed by atoms with van der Waals surface area (Å²) in [7, 11) is 0. The molecular formula is C15H14N4O. The molecule has 0 radical (unpaired) electrons. The van der Waals surface area contributed by atoms with Crippen molar-refractivity contribution in [2.24, 2.45) is 0 Å². The van der Waals surface area contributed by atoms with Crippen molar-refractivity contribution in [2.75, 3.05) is 11.1 Å². The third-order valence-electron chi connectivity index (χ3n) is 3.10. The molecule has 0 spiro atoms. The van der Waals surface area contributed by atoms with E-state index in [9.17, 15) is 4.79 Å². The van der Waals surface area contributed by atoms with Gasteiger partial charge in [-0.3, -0.25) is 9.78 Å². The predicted molar refractivity (Wildman–Crippen MR) is 80.5 cm³/mol. The molecule has 0 saturated carbocycles. The Morgan fingerprint density at radius 1 is 1.15 bits per heavy atom. The van der Waals surface area contributed by atoms with Crippen molar-refractivity contribution in [1.82, 2.24) is 9.97 Å². The summed E-state index contributed by atoms with van der Waals surface area (Å²) in [4.78, 5) is 17.8. The first-order valence-electron chi connectivity index (χ1n) is 6.30. The fraction of sp³-hybridized carbons (Fsp3) is 0.0667. The molecule has 2 aromatic carbocycles. The zero-order chi connectivity index (χ0) is 13.9. The Balaban J connectivity index is 1.88. The van der Waals surface area contributed by atoms with Gasteiger partial charge in [-0.15, -0.1) is 0 Å². The Hall–Kier alpha value is -2.82. The van der Waals surface area contributed by atoms with Gasteiger partial charge < -0.3 is 11.1 Å². The highest BCUT2D eigenvalue weighted by Gasteiger charge is 2.02. The van der Waals surface area contributed by atoms with Gasteiger partial charge in [-0.05, 0) is 16.3 Å². The summed E-state index contributed by atoms with van der Waals surface area (Å²) in [6.45, 7) is 0.581. The first kappa shape index (κ1) is 12.2. The lowest BCUT2D eigenvalue weighted by atomic mass is 10.0. The van der Waals surface area contributed by atoms with Crippen molar-refractivity contribution >= 4 is 22.5 Å². The number of rotatable bonds is 3. The Kier molecular flexibility index (Phi) is 3.09. The van der Waals surface area contributed by atoms with Crippen LogP contribution in [0.1, 0.15) is 5.56 Å². The number of benzene rings is 2. The summed E-state index contributed by atoms with van der Waals surface area (Å²) in [5, 5.41) is 5.49. The van der Waals surface area contributed by atoms with Crippen LogP contribution in [0.25, 0.3) is 10.8 Å². The van der Waals surface area contributed by atoms with Crippen molar-refractivity contribution in [1.29, 1.82) is 0 Å². The summed E-state index contributed by atoms with van der Waals surface area (Å²) >= 11 is 0. The maximum atomic E-state index is 11.3. The molecule has 100 valence electrons. The fourth-order valence-corrected chi connectivity index (χ4v) is 2.20. The number of hydrogen-bond acceptors (Lipinski definition) is 4. The van der Waals surface area contributed by atoms with Crippen molar-refractivity contribution in [3.05, 3.63) is 64.4 Å². The number of nitrogens with one attached hydrogen (secondary N) is 2. The van der Waals surface area contributed by atoms with Crippen LogP contribution in [-0.4, -0.2) is 9.97 Å². The molecule has 3 rings (SSSR count). The molecule has 5 nitrogen and oxygen atoms in total. The minimum Gasteiger partial charge on any atom is -0.369 e. The molecule has 1 heterocycles. The number of H-pyrrole nitrogens is 1. The van der Waals surface area contributed by atoms with Crippen LogP contribution in [0.5, 0.6) is 0 Å². The van der Waals surface area contributed by atoms with Crippen LogP contribution in [0.15, 0.2) is 53.3 Å². The third-order valence-corrected chi connectivity index (χ3v) is 3.10. The van der Waals surface area contributed by atoms with E-state index in [1.807, 2.05) is 24.3 Å². The number of aromatic amines is 1. The van der Waals surface area contributed by atoms with E-state index in [1.165, 1.54) is 16.8 Å². The summed E-state index contributed by atoms with van der Waals surface area (Å²) in [5.41, 5.74) is 6.39. The Morgan fingerprint density at radius 2 is 1.95 bits per heavy atom. The molecule has 0 saturated heterocycles. The number of nitrogen functional groups attached to an aromatic ring is 1. The van der Waals surface area contributed by atoms with Crippen LogP contribution < -0.4 is 16.6 Å². The molecule has 0 unspecified atom stereocenters. The maximum absolute atomic E-state index is 11.3. The summed E-state index contributed by atoms with van der Waals surface area (Å²) in [6.07, 6.45) is 0. The summed E-state index contributed by atoms with van der Waals surface area (Å²) < 4.78 is 0. The van der Waals surface area contributed by atoms with E-state index < -0.39 is 0 Å². The van der Waals surface area contributed by atoms with E-state index in [2.05, 4.69) is 33.5 Å². The molecule has 4 N–H and O–H groups in total. The van der Waals surface area contributed by atoms with Crippen LogP contribution in [-0.2, 0) is 6.54 Å². The molecule has 5 heteroatoms. The summed E-state index contributed by atoms with van der Waals surface area (Å²) in [5.74, 6) is 0.581. The molecule has 20 heavy (non-hydrogen) atoms. The lowest BCUT2D eigenvalue weighted by molar-refractivity contribution is 1.08. The molecule has 1 aromatic heterocycles. The number of fused-ring (bicyclic) bond motifs is 1. The zero-order valence-electron chi connectivity index (χ0n) is 10.8. The standard InChI is InChI=1S/C15H14N4O/c16-15-18-13(8-14(20)19-15)17-9-11-6-3-5-10-4-1-2-7-12(10)11/h1-8H,9H2,(H4,16,17,18,19,20). The molecule has 0 aliphatic rings. The number of hydrogen-bond donors (Lipinski definition) is 3. The smallest absolute Gasteiger partial charge is 0.254 e. The minimum atomic E-state index is -0.266. The fourth-order valence-electron chi connectivity index (χ4n) is 2.20. The Morgan fingerprint density at radius 3 is 2.80 bits per heavy atom. The quantitative estimate of drug-likeness (QED) is 0.678. The van der Waals surface area contributed by atoms with E-state index in [-0.39, 0.29) is 11.5 Å². The molecule has 0 bridgehead atoms. The molecular weight excluding hydrogens is 252 g/mol. The van der Waals surface area contributed by atoms with Gasteiger partial charge in [0.15, 0.2) is 0 Å². The lowest BCUT2D eigenvalue weighted by Gasteiger charge is -2.08. The lowest BCUT2D eigenvalue weighted by Crippen LogP contribution is -2.13. The molecule has 0 fully saturated rings. The Bertz CT molecular complexity index is 805. The summed E-state index contributed by atoms with van der Waals surface area (Å²) in [6, 6.07) is 15.7. The van der Waals surface area contributed by atoms with Gasteiger partial charge in [0.25, 0.3) is 5.56 Å². The van der Waals surface area contributed by atoms with Crippen LogP contribution in [0.3, 0.4) is 0 Å². The second-order valence-corrected chi connectivity index (χ2v) is 4.51. The number of aromatic nitrogens is 2. The van der Waals surface area contributed by atoms with Gasteiger partial charge in [0.1, 0.15) is 5.82 Å². The highest BCUT2D eigenvalue weighted by Crippen LogP contribution is 2.19. The van der Waals surface area contributed by atoms with Crippen molar-refractivity contribution in [3.8, 4) is 0 Å². The van der Waals surface area contributed by atoms with Crippen molar-refractivity contribution in [2.45, 2.75) is 6.54 Å². The van der Waals surface area contributed by atoms with Gasteiger partial charge in [-0.1, -0.05) is 42.5 Å². The van der Waals surface area contributed by atoms with Gasteiger partial charge >= 0.3 is 0 Å². The molecule has 0 amide bonds. The van der Waals surface area contributed by atoms with E-state index in [4.69, 9.17) is 5.73 Å². The third kappa shape index (κ3) is 2.47. The number of nitrogens with zero attached hydrogens (tertiary/aromatic N) is 1. The molecule has 0 aliphatic carbocycles. The SMILES string of the molecule is Nc1nc(NCc2cccc3ccccc23)cc(=O)[nH]1. The van der Waals surface area contributed by atoms with Gasteiger partial charge in [-0.2, -0.15) is 4.98 Å². The first-order valence-corrected chi connectivity index (χ1v) is 6.30. The van der Waals surface area contributed by atoms with Crippen molar-refractivity contribution < 1.29 is 0 Å². The first-order chi connectivity index (χ1) is 9.72. The van der Waals surface area contributed by atoms with Crippen LogP contribution >= 0.6 is 0 Å². The second kappa shape index (κ2) is 5.05. The normalized spacial score (nSPS) is 10.6. The van der Waals surface area contributed by atoms with Gasteiger partial charge in [-0.25, -0.2) is 0 Å². The van der Waals surface area contributed by atoms with Gasteiger partial charge in [0.2, 0.25) is 5.95 Å².